The molecule has 8 heteroatoms. The summed E-state index contributed by atoms with van der Waals surface area (Å²) in [6, 6.07) is 16.5. The van der Waals surface area contributed by atoms with Crippen molar-refractivity contribution < 1.29 is 24.5 Å². The fourth-order valence-corrected chi connectivity index (χ4v) is 8.12. The van der Waals surface area contributed by atoms with Gasteiger partial charge in [0.1, 0.15) is 24.0 Å². The number of nitrogens with zero attached hydrogens (tertiary/aromatic N) is 1. The van der Waals surface area contributed by atoms with Gasteiger partial charge in [-0.3, -0.25) is 4.79 Å². The van der Waals surface area contributed by atoms with Gasteiger partial charge in [0.25, 0.3) is 0 Å². The molecule has 0 amide bonds. The number of ether oxygens (including phenoxy) is 1. The molecule has 3 saturated heterocycles. The van der Waals surface area contributed by atoms with Crippen molar-refractivity contribution in [2.45, 2.75) is 69.2 Å². The summed E-state index contributed by atoms with van der Waals surface area (Å²) in [5.41, 5.74) is 0.845. The van der Waals surface area contributed by atoms with Gasteiger partial charge in [-0.25, -0.2) is 0 Å². The highest BCUT2D eigenvalue weighted by molar-refractivity contribution is 5.87. The third kappa shape index (κ3) is 6.54. The summed E-state index contributed by atoms with van der Waals surface area (Å²) >= 11 is 0. The molecule has 0 spiro atoms. The number of piperidine rings is 3. The Morgan fingerprint density at radius 3 is 2.53 bits per heavy atom. The Morgan fingerprint density at radius 2 is 1.77 bits per heavy atom. The second kappa shape index (κ2) is 13.1. The van der Waals surface area contributed by atoms with Gasteiger partial charge in [-0.15, -0.1) is 0 Å². The minimum Gasteiger partial charge on any atom is -0.506 e. The maximum Gasteiger partial charge on any atom is 0.248 e. The number of benzene rings is 2. The lowest BCUT2D eigenvalue weighted by molar-refractivity contribution is -0.946. The van der Waals surface area contributed by atoms with Gasteiger partial charge in [-0.2, -0.15) is 0 Å². The summed E-state index contributed by atoms with van der Waals surface area (Å²) in [5, 5.41) is 37.0. The molecule has 2 bridgehead atoms. The fraction of sp³-hybridized carbons (Fsp3) is 0.571. The lowest BCUT2D eigenvalue weighted by atomic mass is 9.80. The van der Waals surface area contributed by atoms with Gasteiger partial charge in [0.15, 0.2) is 0 Å². The van der Waals surface area contributed by atoms with Crippen LogP contribution in [0.25, 0.3) is 10.9 Å². The number of H-pyrrole nitrogens is 1. The van der Waals surface area contributed by atoms with Gasteiger partial charge in [0.05, 0.1) is 37.9 Å². The summed E-state index contributed by atoms with van der Waals surface area (Å²) < 4.78 is 7.81. The third-order valence-electron chi connectivity index (χ3n) is 10.7. The van der Waals surface area contributed by atoms with Crippen LogP contribution in [0.1, 0.15) is 68.6 Å². The molecule has 232 valence electrons. The second-order valence-electron chi connectivity index (χ2n) is 13.4. The fourth-order valence-electron chi connectivity index (χ4n) is 8.12. The van der Waals surface area contributed by atoms with Gasteiger partial charge in [0, 0.05) is 36.8 Å². The first-order chi connectivity index (χ1) is 20.9. The van der Waals surface area contributed by atoms with Gasteiger partial charge >= 0.3 is 0 Å². The number of aromatic nitrogens is 1. The molecule has 3 aromatic rings. The molecule has 7 rings (SSSR count). The van der Waals surface area contributed by atoms with Crippen LogP contribution in [0, 0.1) is 11.8 Å². The number of pyridine rings is 1. The molecule has 1 aromatic heterocycles. The summed E-state index contributed by atoms with van der Waals surface area (Å²) in [6.07, 6.45) is 8.53. The molecular formula is C35H48N3O5+. The van der Waals surface area contributed by atoms with Crippen LogP contribution in [-0.4, -0.2) is 76.8 Å². The number of aromatic hydroxyl groups is 1. The molecule has 8 nitrogen and oxygen atoms in total. The van der Waals surface area contributed by atoms with E-state index in [1.807, 2.05) is 18.2 Å². The Morgan fingerprint density at radius 1 is 1.00 bits per heavy atom. The molecule has 3 aliphatic heterocycles. The minimum atomic E-state index is -0.908. The van der Waals surface area contributed by atoms with Crippen molar-refractivity contribution in [3.05, 3.63) is 76.1 Å². The van der Waals surface area contributed by atoms with E-state index in [-0.39, 0.29) is 23.3 Å². The average Bonchev–Trinajstić information content (AvgIpc) is 3.59. The molecule has 0 radical (unpaired) electrons. The number of phenolic OH excluding ortho intramolecular Hbond substituents is 1. The standard InChI is InChI=1S/C35H47N3O5/c39-30-14-12-28(29-13-15-33(41)37-34(29)30)31(40)22-36-18-6-7-19-38-20-16-25(17-21-38)32(23-38)43-24-35(42,27-10-4-5-11-27)26-8-2-1-3-9-26/h1-3,8-9,12-15,25,27,31-32,36,40,42H,4-7,10-11,16-24H2,(H-,37,39,41)/p+1/t25?,31-,32-,35+,38?/m0/s1. The first-order valence-corrected chi connectivity index (χ1v) is 16.4. The number of fused-ring (bicyclic) bond motifs is 4. The smallest absolute Gasteiger partial charge is 0.248 e. The maximum atomic E-state index is 12.0. The molecule has 1 aliphatic carbocycles. The summed E-state index contributed by atoms with van der Waals surface area (Å²) in [7, 11) is 0. The first-order valence-electron chi connectivity index (χ1n) is 16.4. The van der Waals surface area contributed by atoms with Crippen LogP contribution in [-0.2, 0) is 10.3 Å². The van der Waals surface area contributed by atoms with Crippen LogP contribution in [0.3, 0.4) is 0 Å². The molecule has 4 fully saturated rings. The van der Waals surface area contributed by atoms with Crippen molar-refractivity contribution in [1.82, 2.24) is 10.3 Å². The SMILES string of the molecule is O=c1ccc2c([C@@H](O)CNCCCC[N+]34CCC(CC3)[C@@H](OC[C@@](O)(c3ccccc3)C3CCCC3)C4)ccc(O)c2[nH]1. The first kappa shape index (κ1) is 30.3. The van der Waals surface area contributed by atoms with Crippen LogP contribution in [0.2, 0.25) is 0 Å². The lowest BCUT2D eigenvalue weighted by Gasteiger charge is -2.53. The van der Waals surface area contributed by atoms with Crippen molar-refractivity contribution >= 4 is 10.9 Å². The number of hydrogen-bond donors (Lipinski definition) is 5. The predicted octanol–water partition coefficient (Wildman–Crippen LogP) is 4.34. The number of aliphatic hydroxyl groups excluding tert-OH is 1. The molecular weight excluding hydrogens is 542 g/mol. The van der Waals surface area contributed by atoms with E-state index in [2.05, 4.69) is 22.4 Å². The van der Waals surface area contributed by atoms with Crippen LogP contribution >= 0.6 is 0 Å². The number of quaternary nitrogens is 1. The van der Waals surface area contributed by atoms with Gasteiger partial charge in [-0.05, 0) is 61.4 Å². The van der Waals surface area contributed by atoms with Crippen molar-refractivity contribution in [3.8, 4) is 5.75 Å². The van der Waals surface area contributed by atoms with E-state index in [0.717, 1.165) is 55.4 Å². The van der Waals surface area contributed by atoms with Crippen LogP contribution < -0.4 is 10.9 Å². The number of nitrogens with one attached hydrogen (secondary N) is 2. The van der Waals surface area contributed by atoms with Crippen LogP contribution in [0.5, 0.6) is 5.75 Å². The van der Waals surface area contributed by atoms with Crippen molar-refractivity contribution in [2.24, 2.45) is 11.8 Å². The summed E-state index contributed by atoms with van der Waals surface area (Å²) in [5.74, 6) is 0.863. The van der Waals surface area contributed by atoms with E-state index >= 15 is 0 Å². The highest BCUT2D eigenvalue weighted by Crippen LogP contribution is 2.42. The molecule has 2 aromatic carbocycles. The topological polar surface area (TPSA) is 115 Å². The molecule has 5 N–H and O–H groups in total. The third-order valence-corrected chi connectivity index (χ3v) is 10.7. The van der Waals surface area contributed by atoms with E-state index in [0.29, 0.717) is 35.5 Å². The van der Waals surface area contributed by atoms with Gasteiger partial charge in [0.2, 0.25) is 5.56 Å². The number of phenols is 1. The summed E-state index contributed by atoms with van der Waals surface area (Å²) in [6.45, 7) is 6.23. The molecule has 0 unspecified atom stereocenters. The number of rotatable bonds is 13. The van der Waals surface area contributed by atoms with E-state index < -0.39 is 11.7 Å². The van der Waals surface area contributed by atoms with Gasteiger partial charge < -0.3 is 34.8 Å². The molecule has 4 heterocycles. The number of hydrogen-bond acceptors (Lipinski definition) is 6. The van der Waals surface area contributed by atoms with E-state index in [9.17, 15) is 20.1 Å². The van der Waals surface area contributed by atoms with Gasteiger partial charge in [-0.1, -0.05) is 49.2 Å². The zero-order valence-electron chi connectivity index (χ0n) is 25.2. The number of aromatic amines is 1. The van der Waals surface area contributed by atoms with Crippen molar-refractivity contribution in [1.29, 1.82) is 0 Å². The number of unbranched alkanes of at least 4 members (excludes halogenated alkanes) is 1. The lowest BCUT2D eigenvalue weighted by Crippen LogP contribution is -2.64. The zero-order chi connectivity index (χ0) is 29.9. The zero-order valence-corrected chi connectivity index (χ0v) is 25.2. The minimum absolute atomic E-state index is 0.000753. The van der Waals surface area contributed by atoms with Crippen molar-refractivity contribution in [2.75, 3.05) is 45.9 Å². The number of aliphatic hydroxyl groups is 2. The second-order valence-corrected chi connectivity index (χ2v) is 13.4. The van der Waals surface area contributed by atoms with Crippen LogP contribution in [0.15, 0.2) is 59.4 Å². The van der Waals surface area contributed by atoms with E-state index in [4.69, 9.17) is 4.74 Å². The highest BCUT2D eigenvalue weighted by Gasteiger charge is 2.48. The maximum absolute atomic E-state index is 12.0. The Kier molecular flexibility index (Phi) is 9.21. The molecule has 43 heavy (non-hydrogen) atoms. The van der Waals surface area contributed by atoms with E-state index in [1.54, 1.807) is 12.1 Å². The van der Waals surface area contributed by atoms with Crippen molar-refractivity contribution in [3.63, 3.8) is 0 Å². The largest absolute Gasteiger partial charge is 0.506 e. The molecule has 3 atom stereocenters. The molecule has 1 saturated carbocycles. The highest BCUT2D eigenvalue weighted by atomic mass is 16.5. The average molecular weight is 591 g/mol. The monoisotopic (exact) mass is 590 g/mol. The summed E-state index contributed by atoms with van der Waals surface area (Å²) in [4.78, 5) is 14.3. The Labute approximate surface area is 254 Å². The quantitative estimate of drug-likeness (QED) is 0.150. The Bertz CT molecular complexity index is 1410. The Hall–Kier alpha value is -2.75. The predicted molar refractivity (Wildman–Crippen MR) is 168 cm³/mol. The Balaban J connectivity index is 0.982. The van der Waals surface area contributed by atoms with E-state index in [1.165, 1.54) is 50.9 Å². The normalized spacial score (nSPS) is 26.1. The van der Waals surface area contributed by atoms with Crippen LogP contribution in [0.4, 0.5) is 0 Å². The molecule has 4 aliphatic rings.